The number of nitrogens with one attached hydrogen (secondary N) is 1. The zero-order valence-electron chi connectivity index (χ0n) is 11.9. The number of urea groups is 1. The molecule has 2 rings (SSSR count). The second-order valence-electron chi connectivity index (χ2n) is 4.87. The van der Waals surface area contributed by atoms with Gasteiger partial charge in [0.15, 0.2) is 0 Å². The van der Waals surface area contributed by atoms with Crippen LogP contribution in [-0.2, 0) is 11.2 Å². The minimum Gasteiger partial charge on any atom is -0.494 e. The summed E-state index contributed by atoms with van der Waals surface area (Å²) in [5.41, 5.74) is 2.26. The standard InChI is InChI=1S/C15H20N2O3/c1-3-20-13-5-4-12(10-11(13)2)6-8-17-9-7-14(18)16-15(17)19/h4-5,10H,3,6-9H2,1-2H3,(H,16,18,19). The first-order chi connectivity index (χ1) is 9.60. The number of rotatable bonds is 5. The van der Waals surface area contributed by atoms with Gasteiger partial charge in [-0.25, -0.2) is 4.79 Å². The van der Waals surface area contributed by atoms with Crippen molar-refractivity contribution in [1.29, 1.82) is 0 Å². The van der Waals surface area contributed by atoms with Gasteiger partial charge in [-0.05, 0) is 37.5 Å². The monoisotopic (exact) mass is 276 g/mol. The van der Waals surface area contributed by atoms with Crippen molar-refractivity contribution in [3.63, 3.8) is 0 Å². The number of hydrogen-bond acceptors (Lipinski definition) is 3. The third-order valence-corrected chi connectivity index (χ3v) is 3.35. The molecule has 0 aromatic heterocycles. The highest BCUT2D eigenvalue weighted by atomic mass is 16.5. The van der Waals surface area contributed by atoms with Crippen LogP contribution in [0.15, 0.2) is 18.2 Å². The van der Waals surface area contributed by atoms with Crippen LogP contribution in [0.5, 0.6) is 5.75 Å². The molecule has 1 aromatic carbocycles. The van der Waals surface area contributed by atoms with Crippen molar-refractivity contribution in [2.75, 3.05) is 19.7 Å². The minimum absolute atomic E-state index is 0.192. The summed E-state index contributed by atoms with van der Waals surface area (Å²) >= 11 is 0. The van der Waals surface area contributed by atoms with Crippen molar-refractivity contribution in [3.8, 4) is 5.75 Å². The van der Waals surface area contributed by atoms with E-state index in [0.717, 1.165) is 23.3 Å². The molecule has 1 aliphatic heterocycles. The SMILES string of the molecule is CCOc1ccc(CCN2CCC(=O)NC2=O)cc1C. The first kappa shape index (κ1) is 14.4. The summed E-state index contributed by atoms with van der Waals surface area (Å²) in [6, 6.07) is 5.78. The van der Waals surface area contributed by atoms with Gasteiger partial charge in [-0.3, -0.25) is 10.1 Å². The zero-order valence-corrected chi connectivity index (χ0v) is 11.9. The van der Waals surface area contributed by atoms with Gasteiger partial charge in [0, 0.05) is 19.5 Å². The second-order valence-corrected chi connectivity index (χ2v) is 4.87. The molecule has 0 bridgehead atoms. The normalized spacial score (nSPS) is 15.2. The summed E-state index contributed by atoms with van der Waals surface area (Å²) in [6.45, 7) is 5.75. The van der Waals surface area contributed by atoms with Crippen LogP contribution < -0.4 is 10.1 Å². The van der Waals surface area contributed by atoms with Crippen LogP contribution in [0.3, 0.4) is 0 Å². The maximum absolute atomic E-state index is 11.6. The Bertz CT molecular complexity index is 514. The molecule has 0 saturated carbocycles. The van der Waals surface area contributed by atoms with Gasteiger partial charge >= 0.3 is 6.03 Å². The highest BCUT2D eigenvalue weighted by Crippen LogP contribution is 2.19. The topological polar surface area (TPSA) is 58.6 Å². The molecular weight excluding hydrogens is 256 g/mol. The molecule has 1 aliphatic rings. The number of carbonyl (C=O) groups is 2. The number of benzene rings is 1. The fraction of sp³-hybridized carbons (Fsp3) is 0.467. The Kier molecular flexibility index (Phi) is 4.61. The number of carbonyl (C=O) groups excluding carboxylic acids is 2. The van der Waals surface area contributed by atoms with Crippen LogP contribution in [0, 0.1) is 6.92 Å². The number of imide groups is 1. The van der Waals surface area contributed by atoms with Crippen molar-refractivity contribution in [2.24, 2.45) is 0 Å². The molecule has 1 N–H and O–H groups in total. The molecule has 0 aliphatic carbocycles. The van der Waals surface area contributed by atoms with Crippen LogP contribution in [0.4, 0.5) is 4.79 Å². The Morgan fingerprint density at radius 1 is 1.35 bits per heavy atom. The van der Waals surface area contributed by atoms with Gasteiger partial charge in [-0.15, -0.1) is 0 Å². The Balaban J connectivity index is 1.92. The van der Waals surface area contributed by atoms with Gasteiger partial charge in [0.1, 0.15) is 5.75 Å². The van der Waals surface area contributed by atoms with Crippen LogP contribution in [-0.4, -0.2) is 36.5 Å². The molecule has 108 valence electrons. The van der Waals surface area contributed by atoms with E-state index in [1.807, 2.05) is 26.0 Å². The molecule has 0 spiro atoms. The van der Waals surface area contributed by atoms with E-state index >= 15 is 0 Å². The van der Waals surface area contributed by atoms with E-state index in [0.29, 0.717) is 26.1 Å². The maximum atomic E-state index is 11.6. The first-order valence-electron chi connectivity index (χ1n) is 6.91. The number of amides is 3. The van der Waals surface area contributed by atoms with E-state index in [-0.39, 0.29) is 11.9 Å². The van der Waals surface area contributed by atoms with Crippen LogP contribution in [0.25, 0.3) is 0 Å². The molecule has 1 aromatic rings. The summed E-state index contributed by atoms with van der Waals surface area (Å²) in [4.78, 5) is 24.3. The molecule has 1 fully saturated rings. The highest BCUT2D eigenvalue weighted by molar-refractivity contribution is 5.96. The average Bonchev–Trinajstić information content (AvgIpc) is 2.41. The number of hydrogen-bond donors (Lipinski definition) is 1. The molecule has 1 saturated heterocycles. The quantitative estimate of drug-likeness (QED) is 0.893. The first-order valence-corrected chi connectivity index (χ1v) is 6.91. The Morgan fingerprint density at radius 2 is 2.15 bits per heavy atom. The van der Waals surface area contributed by atoms with E-state index in [9.17, 15) is 9.59 Å². The molecule has 5 nitrogen and oxygen atoms in total. The second kappa shape index (κ2) is 6.41. The molecule has 3 amide bonds. The van der Waals surface area contributed by atoms with Gasteiger partial charge in [0.2, 0.25) is 5.91 Å². The lowest BCUT2D eigenvalue weighted by atomic mass is 10.1. The predicted molar refractivity (Wildman–Crippen MR) is 75.8 cm³/mol. The molecule has 5 heteroatoms. The Morgan fingerprint density at radius 3 is 2.80 bits per heavy atom. The minimum atomic E-state index is -0.288. The molecule has 0 unspecified atom stereocenters. The lowest BCUT2D eigenvalue weighted by Gasteiger charge is -2.26. The summed E-state index contributed by atoms with van der Waals surface area (Å²) < 4.78 is 5.50. The number of nitrogens with zero attached hydrogens (tertiary/aromatic N) is 1. The summed E-state index contributed by atoms with van der Waals surface area (Å²) in [7, 11) is 0. The molecule has 0 radical (unpaired) electrons. The summed E-state index contributed by atoms with van der Waals surface area (Å²) in [5, 5.41) is 2.33. The van der Waals surface area contributed by atoms with E-state index in [4.69, 9.17) is 4.74 Å². The lowest BCUT2D eigenvalue weighted by molar-refractivity contribution is -0.121. The van der Waals surface area contributed by atoms with Gasteiger partial charge in [0.25, 0.3) is 0 Å². The van der Waals surface area contributed by atoms with Gasteiger partial charge in [0.05, 0.1) is 6.61 Å². The molecule has 1 heterocycles. The van der Waals surface area contributed by atoms with Crippen LogP contribution >= 0.6 is 0 Å². The van der Waals surface area contributed by atoms with E-state index in [1.165, 1.54) is 0 Å². The Hall–Kier alpha value is -2.04. The average molecular weight is 276 g/mol. The summed E-state index contributed by atoms with van der Waals surface area (Å²) in [6.07, 6.45) is 1.16. The van der Waals surface area contributed by atoms with Gasteiger partial charge in [-0.1, -0.05) is 12.1 Å². The van der Waals surface area contributed by atoms with Crippen molar-refractivity contribution in [1.82, 2.24) is 10.2 Å². The largest absolute Gasteiger partial charge is 0.494 e. The Labute approximate surface area is 118 Å². The van der Waals surface area contributed by atoms with E-state index < -0.39 is 0 Å². The fourth-order valence-electron chi connectivity index (χ4n) is 2.26. The fourth-order valence-corrected chi connectivity index (χ4v) is 2.26. The molecule has 0 atom stereocenters. The third kappa shape index (κ3) is 3.50. The van der Waals surface area contributed by atoms with Crippen molar-refractivity contribution >= 4 is 11.9 Å². The van der Waals surface area contributed by atoms with E-state index in [1.54, 1.807) is 4.90 Å². The van der Waals surface area contributed by atoms with Crippen molar-refractivity contribution in [2.45, 2.75) is 26.7 Å². The van der Waals surface area contributed by atoms with Crippen LogP contribution in [0.2, 0.25) is 0 Å². The maximum Gasteiger partial charge on any atom is 0.324 e. The molecule has 20 heavy (non-hydrogen) atoms. The molecular formula is C15H20N2O3. The highest BCUT2D eigenvalue weighted by Gasteiger charge is 2.22. The van der Waals surface area contributed by atoms with Crippen molar-refractivity contribution in [3.05, 3.63) is 29.3 Å². The third-order valence-electron chi connectivity index (χ3n) is 3.35. The predicted octanol–water partition coefficient (Wildman–Crippen LogP) is 1.88. The van der Waals surface area contributed by atoms with Crippen LogP contribution in [0.1, 0.15) is 24.5 Å². The number of ether oxygens (including phenoxy) is 1. The lowest BCUT2D eigenvalue weighted by Crippen LogP contribution is -2.49. The number of aryl methyl sites for hydroxylation is 1. The summed E-state index contributed by atoms with van der Waals surface area (Å²) in [5.74, 6) is 0.709. The van der Waals surface area contributed by atoms with Gasteiger partial charge in [-0.2, -0.15) is 0 Å². The smallest absolute Gasteiger partial charge is 0.324 e. The van der Waals surface area contributed by atoms with E-state index in [2.05, 4.69) is 11.4 Å². The van der Waals surface area contributed by atoms with Gasteiger partial charge < -0.3 is 9.64 Å². The zero-order chi connectivity index (χ0) is 14.5. The van der Waals surface area contributed by atoms with Crippen molar-refractivity contribution < 1.29 is 14.3 Å².